The van der Waals surface area contributed by atoms with Crippen LogP contribution in [0.5, 0.6) is 0 Å². The summed E-state index contributed by atoms with van der Waals surface area (Å²) in [5, 5.41) is 19.8. The number of methoxy groups -OCH3 is 1. The first-order valence-corrected chi connectivity index (χ1v) is 5.36. The minimum Gasteiger partial charge on any atom is -0.480 e. The molecule has 102 valence electrons. The molecule has 0 aliphatic carbocycles. The highest BCUT2D eigenvalue weighted by Crippen LogP contribution is 2.33. The van der Waals surface area contributed by atoms with Gasteiger partial charge in [0.25, 0.3) is 0 Å². The molecule has 0 spiro atoms. The van der Waals surface area contributed by atoms with Crippen molar-refractivity contribution in [3.8, 4) is 0 Å². The summed E-state index contributed by atoms with van der Waals surface area (Å²) < 4.78 is 9.14. The highest BCUT2D eigenvalue weighted by molar-refractivity contribution is 5.80. The first-order valence-electron chi connectivity index (χ1n) is 5.36. The Hall–Kier alpha value is -1.83. The lowest BCUT2D eigenvalue weighted by Crippen LogP contribution is -2.40. The Morgan fingerprint density at radius 1 is 1.44 bits per heavy atom. The van der Waals surface area contributed by atoms with Gasteiger partial charge in [-0.25, -0.2) is 14.4 Å². The Morgan fingerprint density at radius 3 is 2.44 bits per heavy atom. The van der Waals surface area contributed by atoms with Gasteiger partial charge in [0.1, 0.15) is 6.04 Å². The van der Waals surface area contributed by atoms with Crippen molar-refractivity contribution in [3.63, 3.8) is 0 Å². The van der Waals surface area contributed by atoms with Crippen LogP contribution < -0.4 is 5.32 Å². The lowest BCUT2D eigenvalue weighted by Gasteiger charge is -2.14. The molecule has 3 N–H and O–H groups in total. The monoisotopic (exact) mass is 261 g/mol. The first kappa shape index (κ1) is 14.2. The molecule has 1 rings (SSSR count). The summed E-state index contributed by atoms with van der Waals surface area (Å²) in [5.41, 5.74) is -1.16. The minimum atomic E-state index is -1.19. The summed E-state index contributed by atoms with van der Waals surface area (Å²) >= 11 is 0. The van der Waals surface area contributed by atoms with Gasteiger partial charge < -0.3 is 25.0 Å². The molecule has 1 aliphatic rings. The van der Waals surface area contributed by atoms with Crippen molar-refractivity contribution < 1.29 is 34.1 Å². The fourth-order valence-electron chi connectivity index (χ4n) is 1.51. The molecule has 0 aromatic rings. The van der Waals surface area contributed by atoms with Gasteiger partial charge in [-0.1, -0.05) is 0 Å². The number of hydrogen-bond acceptors (Lipinski definition) is 5. The number of rotatable bonds is 7. The summed E-state index contributed by atoms with van der Waals surface area (Å²) in [6.07, 6.45) is -0.191. The maximum atomic E-state index is 10.9. The molecule has 1 saturated heterocycles. The number of nitrogens with one attached hydrogen (secondary N) is 1. The van der Waals surface area contributed by atoms with Gasteiger partial charge in [0.05, 0.1) is 13.7 Å². The van der Waals surface area contributed by atoms with Crippen molar-refractivity contribution in [1.29, 1.82) is 0 Å². The van der Waals surface area contributed by atoms with E-state index in [-0.39, 0.29) is 19.4 Å². The van der Waals surface area contributed by atoms with Crippen LogP contribution in [-0.4, -0.2) is 53.6 Å². The number of carboxylic acid groups (broad SMARTS) is 2. The van der Waals surface area contributed by atoms with Crippen molar-refractivity contribution in [1.82, 2.24) is 5.32 Å². The third-order valence-electron chi connectivity index (χ3n) is 2.73. The maximum absolute atomic E-state index is 10.9. The predicted octanol–water partition coefficient (Wildman–Crippen LogP) is -0.180. The molecule has 1 fully saturated rings. The van der Waals surface area contributed by atoms with Crippen LogP contribution in [0.25, 0.3) is 0 Å². The smallest absolute Gasteiger partial charge is 0.407 e. The topological polar surface area (TPSA) is 125 Å². The number of hydrogen-bond donors (Lipinski definition) is 3. The molecule has 2 atom stereocenters. The van der Waals surface area contributed by atoms with E-state index in [4.69, 9.17) is 14.9 Å². The molecule has 1 aliphatic heterocycles. The van der Waals surface area contributed by atoms with E-state index in [0.717, 1.165) is 7.11 Å². The summed E-state index contributed by atoms with van der Waals surface area (Å²) in [7, 11) is 1.13. The SMILES string of the molecule is COC(=O)NC(CCCC1(C(=O)O)CO1)C(=O)O. The van der Waals surface area contributed by atoms with Crippen LogP contribution in [0.4, 0.5) is 4.79 Å². The van der Waals surface area contributed by atoms with E-state index in [2.05, 4.69) is 10.1 Å². The minimum absolute atomic E-state index is 0.114. The Balaban J connectivity index is 2.37. The van der Waals surface area contributed by atoms with Gasteiger partial charge in [0.2, 0.25) is 0 Å². The van der Waals surface area contributed by atoms with E-state index < -0.39 is 29.7 Å². The fourth-order valence-corrected chi connectivity index (χ4v) is 1.51. The molecule has 8 nitrogen and oxygen atoms in total. The molecule has 2 unspecified atom stereocenters. The van der Waals surface area contributed by atoms with Crippen molar-refractivity contribution in [2.75, 3.05) is 13.7 Å². The van der Waals surface area contributed by atoms with E-state index in [0.29, 0.717) is 6.42 Å². The lowest BCUT2D eigenvalue weighted by atomic mass is 10.0. The van der Waals surface area contributed by atoms with E-state index in [9.17, 15) is 14.4 Å². The molecule has 0 saturated carbocycles. The first-order chi connectivity index (χ1) is 8.41. The van der Waals surface area contributed by atoms with E-state index in [1.54, 1.807) is 0 Å². The average molecular weight is 261 g/mol. The third kappa shape index (κ3) is 3.59. The maximum Gasteiger partial charge on any atom is 0.407 e. The number of carboxylic acids is 2. The predicted molar refractivity (Wildman–Crippen MR) is 57.1 cm³/mol. The van der Waals surface area contributed by atoms with Gasteiger partial charge in [-0.15, -0.1) is 0 Å². The largest absolute Gasteiger partial charge is 0.480 e. The number of amides is 1. The molecule has 18 heavy (non-hydrogen) atoms. The lowest BCUT2D eigenvalue weighted by molar-refractivity contribution is -0.143. The number of ether oxygens (including phenoxy) is 2. The van der Waals surface area contributed by atoms with Crippen LogP contribution in [0.15, 0.2) is 0 Å². The van der Waals surface area contributed by atoms with Crippen molar-refractivity contribution in [2.45, 2.75) is 30.9 Å². The molecule has 0 aromatic carbocycles. The Labute approximate surface area is 103 Å². The Morgan fingerprint density at radius 2 is 2.06 bits per heavy atom. The highest BCUT2D eigenvalue weighted by atomic mass is 16.6. The molecule has 1 amide bonds. The van der Waals surface area contributed by atoms with Crippen LogP contribution in [0.1, 0.15) is 19.3 Å². The molecular weight excluding hydrogens is 246 g/mol. The summed E-state index contributed by atoms with van der Waals surface area (Å²) in [6.45, 7) is 0.143. The van der Waals surface area contributed by atoms with Gasteiger partial charge in [-0.05, 0) is 19.3 Å². The fraction of sp³-hybridized carbons (Fsp3) is 0.700. The molecule has 0 bridgehead atoms. The number of carbonyl (C=O) groups excluding carboxylic acids is 1. The molecule has 8 heteroatoms. The second kappa shape index (κ2) is 5.67. The van der Waals surface area contributed by atoms with Gasteiger partial charge >= 0.3 is 18.0 Å². The summed E-state index contributed by atoms with van der Waals surface area (Å²) in [4.78, 5) is 32.5. The van der Waals surface area contributed by atoms with Gasteiger partial charge in [-0.2, -0.15) is 0 Å². The standard InChI is InChI=1S/C10H15NO7/c1-17-9(16)11-6(7(12)13)3-2-4-10(5-18-10)8(14)15/h6H,2-5H2,1H3,(H,11,16)(H,12,13)(H,14,15). The summed E-state index contributed by atoms with van der Waals surface area (Å²) in [5.74, 6) is -2.24. The van der Waals surface area contributed by atoms with Gasteiger partial charge in [-0.3, -0.25) is 0 Å². The van der Waals surface area contributed by atoms with Crippen LogP contribution in [0.2, 0.25) is 0 Å². The third-order valence-corrected chi connectivity index (χ3v) is 2.73. The Kier molecular flexibility index (Phi) is 4.49. The quantitative estimate of drug-likeness (QED) is 0.542. The number of aliphatic carboxylic acids is 2. The van der Waals surface area contributed by atoms with Crippen molar-refractivity contribution >= 4 is 18.0 Å². The number of epoxide rings is 1. The normalized spacial score (nSPS) is 22.9. The van der Waals surface area contributed by atoms with Gasteiger partial charge in [0, 0.05) is 0 Å². The zero-order valence-corrected chi connectivity index (χ0v) is 9.84. The second-order valence-electron chi connectivity index (χ2n) is 4.01. The average Bonchev–Trinajstić information content (AvgIpc) is 3.08. The Bertz CT molecular complexity index is 350. The molecular formula is C10H15NO7. The van der Waals surface area contributed by atoms with Crippen LogP contribution >= 0.6 is 0 Å². The summed E-state index contributed by atoms with van der Waals surface area (Å²) in [6, 6.07) is -1.10. The molecule has 0 aromatic heterocycles. The molecule has 0 radical (unpaired) electrons. The number of carbonyl (C=O) groups is 3. The van der Waals surface area contributed by atoms with Crippen molar-refractivity contribution in [3.05, 3.63) is 0 Å². The number of alkyl carbamates (subject to hydrolysis) is 1. The highest BCUT2D eigenvalue weighted by Gasteiger charge is 2.52. The van der Waals surface area contributed by atoms with E-state index >= 15 is 0 Å². The zero-order chi connectivity index (χ0) is 13.8. The van der Waals surface area contributed by atoms with Gasteiger partial charge in [0.15, 0.2) is 5.60 Å². The second-order valence-corrected chi connectivity index (χ2v) is 4.01. The van der Waals surface area contributed by atoms with E-state index in [1.165, 1.54) is 0 Å². The van der Waals surface area contributed by atoms with Crippen LogP contribution in [0, 0.1) is 0 Å². The van der Waals surface area contributed by atoms with Crippen LogP contribution in [0.3, 0.4) is 0 Å². The molecule has 1 heterocycles. The zero-order valence-electron chi connectivity index (χ0n) is 9.84. The van der Waals surface area contributed by atoms with Crippen LogP contribution in [-0.2, 0) is 19.1 Å². The van der Waals surface area contributed by atoms with Crippen molar-refractivity contribution in [2.24, 2.45) is 0 Å². The van der Waals surface area contributed by atoms with E-state index in [1.807, 2.05) is 0 Å².